The second-order valence-electron chi connectivity index (χ2n) is 3.72. The van der Waals surface area contributed by atoms with Gasteiger partial charge in [0, 0.05) is 38.2 Å². The molecule has 0 aliphatic carbocycles. The van der Waals surface area contributed by atoms with E-state index in [0.717, 1.165) is 4.90 Å². The van der Waals surface area contributed by atoms with Gasteiger partial charge in [0.1, 0.15) is 23.0 Å². The summed E-state index contributed by atoms with van der Waals surface area (Å²) < 4.78 is 44.6. The fraction of sp³-hybridized carbons (Fsp3) is 0.417. The van der Waals surface area contributed by atoms with Crippen molar-refractivity contribution in [2.24, 2.45) is 0 Å². The van der Waals surface area contributed by atoms with E-state index < -0.39 is 28.9 Å². The average Bonchev–Trinajstić information content (AvgIpc) is 2.33. The molecule has 0 heterocycles. The molecule has 0 bridgehead atoms. The van der Waals surface area contributed by atoms with E-state index in [4.69, 9.17) is 16.3 Å². The molecule has 19 heavy (non-hydrogen) atoms. The number of ether oxygens (including phenoxy) is 1. The molecule has 0 aliphatic heterocycles. The number of nitrogens with zero attached hydrogens (tertiary/aromatic N) is 1. The molecule has 0 saturated heterocycles. The standard InChI is InChI=1S/C12H13ClF3NO2/c1-19-5-4-17(3-2-13)12(18)11-9(15)6-8(14)7-10(11)16/h6-7H,2-5H2,1H3. The quantitative estimate of drug-likeness (QED) is 0.755. The van der Waals surface area contributed by atoms with E-state index in [1.807, 2.05) is 0 Å². The van der Waals surface area contributed by atoms with Crippen LogP contribution >= 0.6 is 11.6 Å². The van der Waals surface area contributed by atoms with Crippen LogP contribution in [0, 0.1) is 17.5 Å². The highest BCUT2D eigenvalue weighted by atomic mass is 35.5. The van der Waals surface area contributed by atoms with Crippen LogP contribution in [0.5, 0.6) is 0 Å². The van der Waals surface area contributed by atoms with Gasteiger partial charge in [-0.3, -0.25) is 4.79 Å². The van der Waals surface area contributed by atoms with Gasteiger partial charge in [0.25, 0.3) is 5.91 Å². The smallest absolute Gasteiger partial charge is 0.259 e. The van der Waals surface area contributed by atoms with Crippen LogP contribution in [-0.2, 0) is 4.74 Å². The first-order valence-electron chi connectivity index (χ1n) is 5.50. The molecule has 1 aromatic carbocycles. The Kier molecular flexibility index (Phi) is 6.11. The van der Waals surface area contributed by atoms with Gasteiger partial charge in [-0.2, -0.15) is 0 Å². The Morgan fingerprint density at radius 1 is 1.26 bits per heavy atom. The molecule has 0 N–H and O–H groups in total. The summed E-state index contributed by atoms with van der Waals surface area (Å²) >= 11 is 5.53. The number of halogens is 4. The molecular formula is C12H13ClF3NO2. The van der Waals surface area contributed by atoms with Gasteiger partial charge in [0.05, 0.1) is 6.61 Å². The summed E-state index contributed by atoms with van der Waals surface area (Å²) in [4.78, 5) is 13.2. The Morgan fingerprint density at radius 2 is 1.84 bits per heavy atom. The van der Waals surface area contributed by atoms with Crippen molar-refractivity contribution in [3.05, 3.63) is 35.1 Å². The van der Waals surface area contributed by atoms with Crippen LogP contribution in [0.15, 0.2) is 12.1 Å². The molecule has 1 amide bonds. The lowest BCUT2D eigenvalue weighted by Gasteiger charge is -2.21. The van der Waals surface area contributed by atoms with Crippen molar-refractivity contribution in [2.75, 3.05) is 32.7 Å². The monoisotopic (exact) mass is 295 g/mol. The van der Waals surface area contributed by atoms with Gasteiger partial charge in [0.2, 0.25) is 0 Å². The van der Waals surface area contributed by atoms with Crippen LogP contribution in [0.4, 0.5) is 13.2 Å². The number of alkyl halides is 1. The number of methoxy groups -OCH3 is 1. The van der Waals surface area contributed by atoms with Crippen LogP contribution in [-0.4, -0.2) is 43.5 Å². The maximum atomic E-state index is 13.5. The van der Waals surface area contributed by atoms with E-state index >= 15 is 0 Å². The molecule has 0 radical (unpaired) electrons. The highest BCUT2D eigenvalue weighted by Gasteiger charge is 2.23. The van der Waals surface area contributed by atoms with Crippen LogP contribution in [0.1, 0.15) is 10.4 Å². The highest BCUT2D eigenvalue weighted by molar-refractivity contribution is 6.18. The van der Waals surface area contributed by atoms with Gasteiger partial charge >= 0.3 is 0 Å². The average molecular weight is 296 g/mol. The number of benzene rings is 1. The van der Waals surface area contributed by atoms with E-state index in [2.05, 4.69) is 0 Å². The van der Waals surface area contributed by atoms with Gasteiger partial charge in [-0.15, -0.1) is 11.6 Å². The molecule has 0 spiro atoms. The minimum absolute atomic E-state index is 0.111. The third-order valence-corrected chi connectivity index (χ3v) is 2.60. The minimum atomic E-state index is -1.24. The zero-order valence-electron chi connectivity index (χ0n) is 10.3. The summed E-state index contributed by atoms with van der Waals surface area (Å²) in [5.41, 5.74) is -0.789. The molecule has 3 nitrogen and oxygen atoms in total. The second kappa shape index (κ2) is 7.35. The molecule has 0 fully saturated rings. The maximum Gasteiger partial charge on any atom is 0.259 e. The van der Waals surface area contributed by atoms with Crippen molar-refractivity contribution < 1.29 is 22.7 Å². The first-order valence-corrected chi connectivity index (χ1v) is 6.03. The molecule has 1 aromatic rings. The first-order chi connectivity index (χ1) is 9.01. The van der Waals surface area contributed by atoms with Crippen LogP contribution in [0.2, 0.25) is 0 Å². The van der Waals surface area contributed by atoms with Crippen molar-refractivity contribution in [3.63, 3.8) is 0 Å². The van der Waals surface area contributed by atoms with Crippen molar-refractivity contribution in [3.8, 4) is 0 Å². The molecule has 0 aromatic heterocycles. The predicted octanol–water partition coefficient (Wildman–Crippen LogP) is 2.43. The Morgan fingerprint density at radius 3 is 2.32 bits per heavy atom. The molecule has 1 rings (SSSR count). The van der Waals surface area contributed by atoms with E-state index in [-0.39, 0.29) is 25.6 Å². The van der Waals surface area contributed by atoms with Crippen molar-refractivity contribution in [1.82, 2.24) is 4.90 Å². The number of hydrogen-bond acceptors (Lipinski definition) is 2. The summed E-state index contributed by atoms with van der Waals surface area (Å²) in [6, 6.07) is 0.928. The van der Waals surface area contributed by atoms with Gasteiger partial charge < -0.3 is 9.64 Å². The van der Waals surface area contributed by atoms with Crippen molar-refractivity contribution in [1.29, 1.82) is 0 Å². The van der Waals surface area contributed by atoms with Gasteiger partial charge in [-0.25, -0.2) is 13.2 Å². The van der Waals surface area contributed by atoms with Gasteiger partial charge in [-0.05, 0) is 0 Å². The van der Waals surface area contributed by atoms with Crippen LogP contribution in [0.3, 0.4) is 0 Å². The van der Waals surface area contributed by atoms with Gasteiger partial charge in [-0.1, -0.05) is 0 Å². The fourth-order valence-corrected chi connectivity index (χ4v) is 1.73. The molecule has 0 unspecified atom stereocenters. The topological polar surface area (TPSA) is 29.5 Å². The zero-order chi connectivity index (χ0) is 14.4. The summed E-state index contributed by atoms with van der Waals surface area (Å²) in [5.74, 6) is -4.32. The minimum Gasteiger partial charge on any atom is -0.383 e. The van der Waals surface area contributed by atoms with Crippen molar-refractivity contribution in [2.45, 2.75) is 0 Å². The number of amides is 1. The number of carbonyl (C=O) groups is 1. The molecule has 0 aliphatic rings. The summed E-state index contributed by atoms with van der Waals surface area (Å²) in [5, 5.41) is 0. The second-order valence-corrected chi connectivity index (χ2v) is 4.10. The van der Waals surface area contributed by atoms with Crippen LogP contribution < -0.4 is 0 Å². The van der Waals surface area contributed by atoms with Gasteiger partial charge in [0.15, 0.2) is 0 Å². The lowest BCUT2D eigenvalue weighted by Crippen LogP contribution is -2.36. The van der Waals surface area contributed by atoms with Crippen LogP contribution in [0.25, 0.3) is 0 Å². The van der Waals surface area contributed by atoms with E-state index in [1.54, 1.807) is 0 Å². The fourth-order valence-electron chi connectivity index (χ4n) is 1.52. The summed E-state index contributed by atoms with van der Waals surface area (Å²) in [6.45, 7) is 0.450. The zero-order valence-corrected chi connectivity index (χ0v) is 11.0. The molecule has 106 valence electrons. The van der Waals surface area contributed by atoms with E-state index in [1.165, 1.54) is 7.11 Å². The summed E-state index contributed by atoms with van der Waals surface area (Å²) in [7, 11) is 1.43. The third-order valence-electron chi connectivity index (χ3n) is 2.43. The third kappa shape index (κ3) is 4.11. The Labute approximate surface area is 113 Å². The van der Waals surface area contributed by atoms with E-state index in [9.17, 15) is 18.0 Å². The molecule has 0 atom stereocenters. The largest absolute Gasteiger partial charge is 0.383 e. The highest BCUT2D eigenvalue weighted by Crippen LogP contribution is 2.17. The molecule has 0 saturated carbocycles. The SMILES string of the molecule is COCCN(CCCl)C(=O)c1c(F)cc(F)cc1F. The number of hydrogen-bond donors (Lipinski definition) is 0. The Hall–Kier alpha value is -1.27. The first kappa shape index (κ1) is 15.8. The Balaban J connectivity index is 3.02. The maximum absolute atomic E-state index is 13.5. The normalized spacial score (nSPS) is 10.6. The van der Waals surface area contributed by atoms with E-state index in [0.29, 0.717) is 12.1 Å². The molecular weight excluding hydrogens is 283 g/mol. The lowest BCUT2D eigenvalue weighted by molar-refractivity contribution is 0.0698. The lowest BCUT2D eigenvalue weighted by atomic mass is 10.1. The number of rotatable bonds is 6. The predicted molar refractivity (Wildman–Crippen MR) is 64.8 cm³/mol. The Bertz CT molecular complexity index is 434. The summed E-state index contributed by atoms with van der Waals surface area (Å²) in [6.07, 6.45) is 0. The number of carbonyl (C=O) groups excluding carboxylic acids is 1. The molecule has 7 heteroatoms. The van der Waals surface area contributed by atoms with Crippen molar-refractivity contribution >= 4 is 17.5 Å².